The molecule has 2 rings (SSSR count). The van der Waals surface area contributed by atoms with E-state index in [9.17, 15) is 9.90 Å². The summed E-state index contributed by atoms with van der Waals surface area (Å²) in [6.07, 6.45) is -0.913. The Morgan fingerprint density at radius 1 is 1.33 bits per heavy atom. The maximum absolute atomic E-state index is 12.1. The number of benzene rings is 1. The van der Waals surface area contributed by atoms with Crippen LogP contribution in [0.5, 0.6) is 0 Å². The van der Waals surface area contributed by atoms with Crippen molar-refractivity contribution >= 4 is 5.91 Å². The molecule has 1 amide bonds. The molecule has 0 unspecified atom stereocenters. The Hall–Kier alpha value is -1.43. The van der Waals surface area contributed by atoms with Crippen LogP contribution in [0.2, 0.25) is 0 Å². The quantitative estimate of drug-likeness (QED) is 0.817. The molecule has 1 fully saturated rings. The van der Waals surface area contributed by atoms with Crippen LogP contribution in [-0.4, -0.2) is 60.4 Å². The molecule has 21 heavy (non-hydrogen) atoms. The van der Waals surface area contributed by atoms with E-state index >= 15 is 0 Å². The summed E-state index contributed by atoms with van der Waals surface area (Å²) in [5.41, 5.74) is 0.594. The third-order valence-electron chi connectivity index (χ3n) is 3.97. The van der Waals surface area contributed by atoms with Gasteiger partial charge in [0.15, 0.2) is 0 Å². The normalized spacial score (nSPS) is 25.2. The molecule has 1 aromatic rings. The minimum atomic E-state index is -0.668. The van der Waals surface area contributed by atoms with Gasteiger partial charge in [-0.3, -0.25) is 4.79 Å². The number of rotatable bonds is 6. The van der Waals surface area contributed by atoms with Gasteiger partial charge in [0.05, 0.1) is 18.8 Å². The van der Waals surface area contributed by atoms with E-state index in [1.165, 1.54) is 0 Å². The highest BCUT2D eigenvalue weighted by Gasteiger charge is 2.37. The number of carbonyl (C=O) groups excluding carboxylic acids is 1. The molecule has 1 heterocycles. The predicted octanol–water partition coefficient (Wildman–Crippen LogP) is 0.886. The maximum Gasteiger partial charge on any atom is 0.251 e. The molecular weight excluding hydrogens is 268 g/mol. The SMILES string of the molecule is CCN(CC)C[C@@H]1OC[C@@H](NC(=O)c2ccccc2)[C@H]1O. The summed E-state index contributed by atoms with van der Waals surface area (Å²) in [6, 6.07) is 8.66. The van der Waals surface area contributed by atoms with Crippen LogP contribution in [0.1, 0.15) is 24.2 Å². The highest BCUT2D eigenvalue weighted by molar-refractivity contribution is 5.94. The van der Waals surface area contributed by atoms with Crippen molar-refractivity contribution < 1.29 is 14.6 Å². The standard InChI is InChI=1S/C16H24N2O3/c1-3-18(4-2)10-14-15(19)13(11-21-14)17-16(20)12-8-6-5-7-9-12/h5-9,13-15,19H,3-4,10-11H2,1-2H3,(H,17,20)/t13-,14+,15-/m1/s1. The topological polar surface area (TPSA) is 61.8 Å². The monoisotopic (exact) mass is 292 g/mol. The Bertz CT molecular complexity index is 448. The van der Waals surface area contributed by atoms with Gasteiger partial charge in [0.25, 0.3) is 5.91 Å². The Morgan fingerprint density at radius 3 is 2.62 bits per heavy atom. The van der Waals surface area contributed by atoms with Gasteiger partial charge >= 0.3 is 0 Å². The predicted molar refractivity (Wildman–Crippen MR) is 81.2 cm³/mol. The maximum atomic E-state index is 12.1. The second-order valence-corrected chi connectivity index (χ2v) is 5.29. The number of nitrogens with one attached hydrogen (secondary N) is 1. The van der Waals surface area contributed by atoms with Crippen molar-refractivity contribution in [2.45, 2.75) is 32.1 Å². The number of aliphatic hydroxyl groups is 1. The zero-order valence-corrected chi connectivity index (χ0v) is 12.7. The smallest absolute Gasteiger partial charge is 0.251 e. The zero-order chi connectivity index (χ0) is 15.2. The molecule has 5 nitrogen and oxygen atoms in total. The van der Waals surface area contributed by atoms with E-state index in [-0.39, 0.29) is 18.1 Å². The van der Waals surface area contributed by atoms with Crippen LogP contribution >= 0.6 is 0 Å². The van der Waals surface area contributed by atoms with Crippen molar-refractivity contribution in [3.8, 4) is 0 Å². The molecule has 0 spiro atoms. The molecule has 1 aromatic carbocycles. The lowest BCUT2D eigenvalue weighted by molar-refractivity contribution is 0.0171. The summed E-state index contributed by atoms with van der Waals surface area (Å²) in [6.45, 7) is 7.05. The second kappa shape index (κ2) is 7.54. The van der Waals surface area contributed by atoms with Crippen LogP contribution in [0.4, 0.5) is 0 Å². The van der Waals surface area contributed by atoms with E-state index in [4.69, 9.17) is 4.74 Å². The molecule has 1 aliphatic rings. The minimum absolute atomic E-state index is 0.174. The zero-order valence-electron chi connectivity index (χ0n) is 12.7. The Kier molecular flexibility index (Phi) is 5.73. The number of amides is 1. The van der Waals surface area contributed by atoms with Crippen LogP contribution < -0.4 is 5.32 Å². The van der Waals surface area contributed by atoms with E-state index in [0.29, 0.717) is 18.7 Å². The fraction of sp³-hybridized carbons (Fsp3) is 0.562. The number of hydrogen-bond donors (Lipinski definition) is 2. The second-order valence-electron chi connectivity index (χ2n) is 5.29. The summed E-state index contributed by atoms with van der Waals surface area (Å²) >= 11 is 0. The molecule has 3 atom stereocenters. The lowest BCUT2D eigenvalue weighted by Crippen LogP contribution is -2.46. The first-order chi connectivity index (χ1) is 10.2. The third kappa shape index (κ3) is 4.03. The largest absolute Gasteiger partial charge is 0.388 e. The fourth-order valence-corrected chi connectivity index (χ4v) is 2.55. The highest BCUT2D eigenvalue weighted by Crippen LogP contribution is 2.16. The number of hydrogen-bond acceptors (Lipinski definition) is 4. The minimum Gasteiger partial charge on any atom is -0.388 e. The van der Waals surface area contributed by atoms with E-state index in [2.05, 4.69) is 24.1 Å². The van der Waals surface area contributed by atoms with E-state index in [1.54, 1.807) is 12.1 Å². The summed E-state index contributed by atoms with van der Waals surface area (Å²) in [5, 5.41) is 13.2. The first-order valence-electron chi connectivity index (χ1n) is 7.53. The van der Waals surface area contributed by atoms with Crippen molar-refractivity contribution in [1.82, 2.24) is 10.2 Å². The van der Waals surface area contributed by atoms with Crippen molar-refractivity contribution in [3.63, 3.8) is 0 Å². The number of aliphatic hydroxyl groups excluding tert-OH is 1. The lowest BCUT2D eigenvalue weighted by atomic mass is 10.1. The summed E-state index contributed by atoms with van der Waals surface area (Å²) in [7, 11) is 0. The molecule has 5 heteroatoms. The van der Waals surface area contributed by atoms with Crippen molar-refractivity contribution in [3.05, 3.63) is 35.9 Å². The fourth-order valence-electron chi connectivity index (χ4n) is 2.55. The molecule has 0 aliphatic carbocycles. The van der Waals surface area contributed by atoms with E-state index in [1.807, 2.05) is 18.2 Å². The number of carbonyl (C=O) groups is 1. The lowest BCUT2D eigenvalue weighted by Gasteiger charge is -2.24. The number of likely N-dealkylation sites (N-methyl/N-ethyl adjacent to an activating group) is 1. The van der Waals surface area contributed by atoms with Gasteiger partial charge in [-0.05, 0) is 25.2 Å². The Morgan fingerprint density at radius 2 is 2.00 bits per heavy atom. The first-order valence-corrected chi connectivity index (χ1v) is 7.53. The van der Waals surface area contributed by atoms with Crippen molar-refractivity contribution in [2.24, 2.45) is 0 Å². The van der Waals surface area contributed by atoms with Crippen molar-refractivity contribution in [1.29, 1.82) is 0 Å². The Labute approximate surface area is 125 Å². The third-order valence-corrected chi connectivity index (χ3v) is 3.97. The molecule has 1 saturated heterocycles. The highest BCUT2D eigenvalue weighted by atomic mass is 16.5. The van der Waals surface area contributed by atoms with Gasteiger partial charge in [-0.15, -0.1) is 0 Å². The number of ether oxygens (including phenoxy) is 1. The average molecular weight is 292 g/mol. The molecule has 0 radical (unpaired) electrons. The molecule has 0 saturated carbocycles. The van der Waals surface area contributed by atoms with Crippen LogP contribution in [-0.2, 0) is 4.74 Å². The van der Waals surface area contributed by atoms with Gasteiger partial charge in [-0.25, -0.2) is 0 Å². The Balaban J connectivity index is 1.90. The van der Waals surface area contributed by atoms with Crippen molar-refractivity contribution in [2.75, 3.05) is 26.2 Å². The summed E-state index contributed by atoms with van der Waals surface area (Å²) in [4.78, 5) is 14.3. The van der Waals surface area contributed by atoms with E-state index < -0.39 is 6.10 Å². The molecule has 0 aromatic heterocycles. The van der Waals surface area contributed by atoms with Gasteiger partial charge in [-0.1, -0.05) is 32.0 Å². The summed E-state index contributed by atoms with van der Waals surface area (Å²) < 4.78 is 5.64. The van der Waals surface area contributed by atoms with Crippen LogP contribution in [0.15, 0.2) is 30.3 Å². The van der Waals surface area contributed by atoms with Gasteiger partial charge in [0, 0.05) is 12.1 Å². The first kappa shape index (κ1) is 15.9. The van der Waals surface area contributed by atoms with E-state index in [0.717, 1.165) is 13.1 Å². The van der Waals surface area contributed by atoms with Crippen LogP contribution in [0.3, 0.4) is 0 Å². The number of nitrogens with zero attached hydrogens (tertiary/aromatic N) is 1. The van der Waals surface area contributed by atoms with Gasteiger partial charge < -0.3 is 20.1 Å². The molecule has 1 aliphatic heterocycles. The van der Waals surface area contributed by atoms with Gasteiger partial charge in [0.2, 0.25) is 0 Å². The molecular formula is C16H24N2O3. The summed E-state index contributed by atoms with van der Waals surface area (Å²) in [5.74, 6) is -0.174. The van der Waals surface area contributed by atoms with Crippen LogP contribution in [0.25, 0.3) is 0 Å². The van der Waals surface area contributed by atoms with Gasteiger partial charge in [-0.2, -0.15) is 0 Å². The van der Waals surface area contributed by atoms with Crippen LogP contribution in [0, 0.1) is 0 Å². The molecule has 2 N–H and O–H groups in total. The molecule has 116 valence electrons. The molecule has 0 bridgehead atoms. The average Bonchev–Trinajstić information content (AvgIpc) is 2.86. The van der Waals surface area contributed by atoms with Gasteiger partial charge in [0.1, 0.15) is 6.10 Å².